The summed E-state index contributed by atoms with van der Waals surface area (Å²) >= 11 is 0. The molecule has 70 valence electrons. The third kappa shape index (κ3) is 2.82. The molecule has 0 aromatic rings. The maximum Gasteiger partial charge on any atom is 0.0628 e. The summed E-state index contributed by atoms with van der Waals surface area (Å²) in [5, 5.41) is 9.70. The molecule has 1 nitrogen and oxygen atoms in total. The van der Waals surface area contributed by atoms with E-state index in [0.717, 1.165) is 12.8 Å². The van der Waals surface area contributed by atoms with Crippen molar-refractivity contribution in [2.24, 2.45) is 5.41 Å². The van der Waals surface area contributed by atoms with Crippen molar-refractivity contribution in [3.05, 3.63) is 24.8 Å². The van der Waals surface area contributed by atoms with E-state index in [-0.39, 0.29) is 11.5 Å². The summed E-state index contributed by atoms with van der Waals surface area (Å²) in [5.41, 5.74) is -0.165. The van der Waals surface area contributed by atoms with Crippen LogP contribution in [-0.2, 0) is 0 Å². The Morgan fingerprint density at radius 3 is 2.50 bits per heavy atom. The second kappa shape index (κ2) is 5.15. The van der Waals surface area contributed by atoms with Gasteiger partial charge >= 0.3 is 0 Å². The zero-order valence-corrected chi connectivity index (χ0v) is 8.38. The van der Waals surface area contributed by atoms with E-state index in [9.17, 15) is 5.11 Å². The highest BCUT2D eigenvalue weighted by Crippen LogP contribution is 2.29. The Bertz CT molecular complexity index is 160. The first kappa shape index (κ1) is 11.4. The molecular weight excluding hydrogens is 148 g/mol. The van der Waals surface area contributed by atoms with Gasteiger partial charge in [-0.3, -0.25) is 0 Å². The van der Waals surface area contributed by atoms with Crippen LogP contribution in [-0.4, -0.2) is 11.2 Å². The van der Waals surface area contributed by atoms with E-state index in [1.54, 1.807) is 0 Å². The van der Waals surface area contributed by atoms with Gasteiger partial charge in [-0.05, 0) is 19.8 Å². The minimum absolute atomic E-state index is 0.165. The summed E-state index contributed by atoms with van der Waals surface area (Å²) in [5.74, 6) is 0. The van der Waals surface area contributed by atoms with Crippen molar-refractivity contribution >= 4 is 0 Å². The molecule has 0 aliphatic carbocycles. The molecule has 0 radical (unpaired) electrons. The van der Waals surface area contributed by atoms with Crippen molar-refractivity contribution in [3.63, 3.8) is 0 Å². The topological polar surface area (TPSA) is 20.2 Å². The predicted octanol–water partition coefficient (Wildman–Crippen LogP) is 2.92. The number of aliphatic hydroxyl groups is 1. The van der Waals surface area contributed by atoms with Gasteiger partial charge in [0.25, 0.3) is 0 Å². The van der Waals surface area contributed by atoms with Gasteiger partial charge in [0.15, 0.2) is 0 Å². The number of allylic oxidation sites excluding steroid dienone is 2. The lowest BCUT2D eigenvalue weighted by Gasteiger charge is -2.29. The van der Waals surface area contributed by atoms with Crippen LogP contribution in [0.3, 0.4) is 0 Å². The van der Waals surface area contributed by atoms with E-state index < -0.39 is 0 Å². The van der Waals surface area contributed by atoms with E-state index in [2.05, 4.69) is 12.7 Å². The van der Waals surface area contributed by atoms with Crippen LogP contribution in [0.15, 0.2) is 24.8 Å². The van der Waals surface area contributed by atoms with E-state index in [0.29, 0.717) is 0 Å². The second-order valence-electron chi connectivity index (χ2n) is 3.41. The summed E-state index contributed by atoms with van der Waals surface area (Å²) in [6.07, 6.45) is 7.28. The maximum atomic E-state index is 9.70. The summed E-state index contributed by atoms with van der Waals surface area (Å²) in [6.45, 7) is 9.77. The first-order chi connectivity index (χ1) is 5.60. The van der Waals surface area contributed by atoms with Crippen molar-refractivity contribution in [2.45, 2.75) is 39.7 Å². The van der Waals surface area contributed by atoms with E-state index in [4.69, 9.17) is 0 Å². The van der Waals surface area contributed by atoms with Gasteiger partial charge in [-0.1, -0.05) is 32.1 Å². The zero-order valence-electron chi connectivity index (χ0n) is 8.38. The van der Waals surface area contributed by atoms with Crippen molar-refractivity contribution in [2.75, 3.05) is 0 Å². The highest BCUT2D eigenvalue weighted by atomic mass is 16.3. The van der Waals surface area contributed by atoms with Gasteiger partial charge in [0.1, 0.15) is 0 Å². The Labute approximate surface area is 75.8 Å². The highest BCUT2D eigenvalue weighted by Gasteiger charge is 2.26. The van der Waals surface area contributed by atoms with Gasteiger partial charge < -0.3 is 5.11 Å². The Balaban J connectivity index is 4.32. The van der Waals surface area contributed by atoms with Gasteiger partial charge in [0.2, 0.25) is 0 Å². The zero-order chi connectivity index (χ0) is 9.61. The van der Waals surface area contributed by atoms with Crippen molar-refractivity contribution in [3.8, 4) is 0 Å². The van der Waals surface area contributed by atoms with Crippen LogP contribution in [0, 0.1) is 5.41 Å². The largest absolute Gasteiger partial charge is 0.392 e. The second-order valence-corrected chi connectivity index (χ2v) is 3.41. The molecular formula is C11H20O. The third-order valence-corrected chi connectivity index (χ3v) is 2.41. The van der Waals surface area contributed by atoms with E-state index in [1.165, 1.54) is 0 Å². The summed E-state index contributed by atoms with van der Waals surface area (Å²) in [6, 6.07) is 0. The lowest BCUT2D eigenvalue weighted by atomic mass is 9.80. The third-order valence-electron chi connectivity index (χ3n) is 2.41. The number of hydrogen-bond donors (Lipinski definition) is 1. The Kier molecular flexibility index (Phi) is 4.91. The van der Waals surface area contributed by atoms with Gasteiger partial charge in [0.05, 0.1) is 6.10 Å². The molecule has 0 saturated heterocycles. The average Bonchev–Trinajstić information content (AvgIpc) is 2.12. The van der Waals surface area contributed by atoms with Crippen LogP contribution < -0.4 is 0 Å². The molecule has 1 heteroatoms. The number of aliphatic hydroxyl groups excluding tert-OH is 1. The molecule has 0 saturated carbocycles. The summed E-state index contributed by atoms with van der Waals surface area (Å²) in [7, 11) is 0. The Hall–Kier alpha value is -0.560. The normalized spacial score (nSPS) is 19.0. The number of hydrogen-bond acceptors (Lipinski definition) is 1. The fraction of sp³-hybridized carbons (Fsp3) is 0.636. The molecule has 2 atom stereocenters. The Morgan fingerprint density at radius 1 is 1.58 bits per heavy atom. The van der Waals surface area contributed by atoms with Crippen LogP contribution in [0.2, 0.25) is 0 Å². The van der Waals surface area contributed by atoms with E-state index >= 15 is 0 Å². The van der Waals surface area contributed by atoms with Crippen molar-refractivity contribution in [1.82, 2.24) is 0 Å². The molecule has 0 spiro atoms. The molecule has 0 aliphatic heterocycles. The lowest BCUT2D eigenvalue weighted by Crippen LogP contribution is -2.29. The minimum Gasteiger partial charge on any atom is -0.392 e. The van der Waals surface area contributed by atoms with Crippen LogP contribution >= 0.6 is 0 Å². The predicted molar refractivity (Wildman–Crippen MR) is 54.0 cm³/mol. The molecule has 2 unspecified atom stereocenters. The van der Waals surface area contributed by atoms with Crippen molar-refractivity contribution < 1.29 is 5.11 Å². The summed E-state index contributed by atoms with van der Waals surface area (Å²) in [4.78, 5) is 0. The molecule has 0 rings (SSSR count). The molecule has 1 N–H and O–H groups in total. The van der Waals surface area contributed by atoms with Gasteiger partial charge in [-0.25, -0.2) is 0 Å². The first-order valence-electron chi connectivity index (χ1n) is 4.53. The maximum absolute atomic E-state index is 9.70. The fourth-order valence-corrected chi connectivity index (χ4v) is 1.19. The van der Waals surface area contributed by atoms with Crippen molar-refractivity contribution in [1.29, 1.82) is 0 Å². The smallest absolute Gasteiger partial charge is 0.0628 e. The summed E-state index contributed by atoms with van der Waals surface area (Å²) < 4.78 is 0. The number of rotatable bonds is 5. The average molecular weight is 168 g/mol. The van der Waals surface area contributed by atoms with Crippen LogP contribution in [0.25, 0.3) is 0 Å². The molecule has 0 heterocycles. The quantitative estimate of drug-likeness (QED) is 0.626. The molecule has 0 bridgehead atoms. The van der Waals surface area contributed by atoms with Crippen LogP contribution in [0.1, 0.15) is 33.6 Å². The van der Waals surface area contributed by atoms with Gasteiger partial charge in [-0.2, -0.15) is 0 Å². The van der Waals surface area contributed by atoms with Crippen LogP contribution in [0.4, 0.5) is 0 Å². The van der Waals surface area contributed by atoms with Gasteiger partial charge in [0, 0.05) is 5.41 Å². The molecule has 0 fully saturated rings. The molecule has 0 aromatic carbocycles. The SMILES string of the molecule is C=CC(C)(C/C=C/C)C(O)CC. The molecule has 12 heavy (non-hydrogen) atoms. The highest BCUT2D eigenvalue weighted by molar-refractivity contribution is 5.01. The lowest BCUT2D eigenvalue weighted by molar-refractivity contribution is 0.0688. The van der Waals surface area contributed by atoms with E-state index in [1.807, 2.05) is 32.9 Å². The van der Waals surface area contributed by atoms with Crippen LogP contribution in [0.5, 0.6) is 0 Å². The first-order valence-corrected chi connectivity index (χ1v) is 4.53. The Morgan fingerprint density at radius 2 is 2.17 bits per heavy atom. The standard InChI is InChI=1S/C11H20O/c1-5-8-9-11(4,7-3)10(12)6-2/h5,7-8,10,12H,3,6,9H2,1-2,4H3/b8-5+. The monoisotopic (exact) mass is 168 g/mol. The molecule has 0 amide bonds. The minimum atomic E-state index is -0.286. The molecule has 0 aliphatic rings. The molecule has 0 aromatic heterocycles. The fourth-order valence-electron chi connectivity index (χ4n) is 1.19. The van der Waals surface area contributed by atoms with Gasteiger partial charge in [-0.15, -0.1) is 6.58 Å².